The van der Waals surface area contributed by atoms with Crippen molar-refractivity contribution in [1.29, 1.82) is 0 Å². The highest BCUT2D eigenvalue weighted by atomic mass is 16.4. The van der Waals surface area contributed by atoms with Crippen LogP contribution in [0.5, 0.6) is 0 Å². The molecule has 0 saturated carbocycles. The quantitative estimate of drug-likeness (QED) is 0.731. The molecule has 0 bridgehead atoms. The first-order valence-corrected chi connectivity index (χ1v) is 4.60. The fraction of sp³-hybridized carbons (Fsp3) is 0.300. The third-order valence-corrected chi connectivity index (χ3v) is 2.48. The maximum Gasteiger partial charge on any atom is 0.309 e. The van der Waals surface area contributed by atoms with E-state index < -0.39 is 17.9 Å². The van der Waals surface area contributed by atoms with Crippen molar-refractivity contribution in [2.24, 2.45) is 5.92 Å². The summed E-state index contributed by atoms with van der Waals surface area (Å²) in [5.41, 5.74) is 0.732. The monoisotopic (exact) mass is 206 g/mol. The average Bonchev–Trinajstić information content (AvgIpc) is 2.62. The number of hydrogen-bond donors (Lipinski definition) is 2. The number of aromatic nitrogens is 1. The molecule has 5 heteroatoms. The largest absolute Gasteiger partial charge is 0.481 e. The lowest BCUT2D eigenvalue weighted by Gasteiger charge is -2.14. The molecule has 2 rings (SSSR count). The number of nitrogens with one attached hydrogen (secondary N) is 1. The van der Waals surface area contributed by atoms with Crippen LogP contribution in [0.3, 0.4) is 0 Å². The minimum Gasteiger partial charge on any atom is -0.481 e. The molecular weight excluding hydrogens is 196 g/mol. The second kappa shape index (κ2) is 3.68. The third-order valence-electron chi connectivity index (χ3n) is 2.48. The highest BCUT2D eigenvalue weighted by Crippen LogP contribution is 2.29. The van der Waals surface area contributed by atoms with Crippen molar-refractivity contribution in [2.75, 3.05) is 0 Å². The normalized spacial score (nSPS) is 24.9. The number of rotatable bonds is 2. The van der Waals surface area contributed by atoms with Gasteiger partial charge in [0.1, 0.15) is 0 Å². The minimum atomic E-state index is -0.956. The molecule has 1 aliphatic heterocycles. The molecular formula is C10H10N2O3. The fourth-order valence-corrected chi connectivity index (χ4v) is 1.76. The molecule has 0 radical (unpaired) electrons. The summed E-state index contributed by atoms with van der Waals surface area (Å²) in [6.07, 6.45) is 3.22. The Hall–Kier alpha value is -1.91. The number of carbonyl (C=O) groups excluding carboxylic acids is 1. The number of pyridine rings is 1. The SMILES string of the molecule is O=C1C[C@@H](C(=O)O)[C@H](c2cccnc2)N1. The molecule has 1 aromatic heterocycles. The molecule has 0 aliphatic carbocycles. The third kappa shape index (κ3) is 1.81. The van der Waals surface area contributed by atoms with Crippen molar-refractivity contribution in [1.82, 2.24) is 10.3 Å². The van der Waals surface area contributed by atoms with Crippen LogP contribution in [0.4, 0.5) is 0 Å². The summed E-state index contributed by atoms with van der Waals surface area (Å²) in [4.78, 5) is 26.0. The molecule has 1 amide bonds. The number of nitrogens with zero attached hydrogens (tertiary/aromatic N) is 1. The molecule has 0 spiro atoms. The topological polar surface area (TPSA) is 79.3 Å². The van der Waals surface area contributed by atoms with Crippen LogP contribution in [0.15, 0.2) is 24.5 Å². The van der Waals surface area contributed by atoms with Crippen LogP contribution < -0.4 is 5.32 Å². The summed E-state index contributed by atoms with van der Waals surface area (Å²) in [6.45, 7) is 0. The van der Waals surface area contributed by atoms with Crippen molar-refractivity contribution >= 4 is 11.9 Å². The van der Waals surface area contributed by atoms with E-state index in [0.717, 1.165) is 5.56 Å². The second-order valence-corrected chi connectivity index (χ2v) is 3.48. The van der Waals surface area contributed by atoms with Gasteiger partial charge in [-0.1, -0.05) is 6.07 Å². The van der Waals surface area contributed by atoms with Gasteiger partial charge >= 0.3 is 5.97 Å². The van der Waals surface area contributed by atoms with Crippen LogP contribution in [0, 0.1) is 5.92 Å². The first-order chi connectivity index (χ1) is 7.18. The summed E-state index contributed by atoms with van der Waals surface area (Å²) in [7, 11) is 0. The number of carbonyl (C=O) groups is 2. The Labute approximate surface area is 86.1 Å². The predicted molar refractivity (Wildman–Crippen MR) is 50.9 cm³/mol. The van der Waals surface area contributed by atoms with Crippen molar-refractivity contribution in [3.63, 3.8) is 0 Å². The van der Waals surface area contributed by atoms with Gasteiger partial charge in [-0.25, -0.2) is 0 Å². The highest BCUT2D eigenvalue weighted by molar-refractivity contribution is 5.87. The van der Waals surface area contributed by atoms with Gasteiger partial charge in [-0.3, -0.25) is 14.6 Å². The number of carboxylic acids is 1. The lowest BCUT2D eigenvalue weighted by atomic mass is 9.95. The molecule has 1 aromatic rings. The summed E-state index contributed by atoms with van der Waals surface area (Å²) in [5.74, 6) is -1.87. The van der Waals surface area contributed by atoms with Crippen molar-refractivity contribution in [2.45, 2.75) is 12.5 Å². The Morgan fingerprint density at radius 3 is 3.00 bits per heavy atom. The van der Waals surface area contributed by atoms with Gasteiger partial charge in [0.15, 0.2) is 0 Å². The van der Waals surface area contributed by atoms with E-state index >= 15 is 0 Å². The molecule has 1 saturated heterocycles. The fourth-order valence-electron chi connectivity index (χ4n) is 1.76. The van der Waals surface area contributed by atoms with Crippen LogP contribution >= 0.6 is 0 Å². The molecule has 1 fully saturated rings. The van der Waals surface area contributed by atoms with Crippen LogP contribution in [0.25, 0.3) is 0 Å². The van der Waals surface area contributed by atoms with Gasteiger partial charge in [-0.15, -0.1) is 0 Å². The first-order valence-electron chi connectivity index (χ1n) is 4.60. The maximum atomic E-state index is 11.1. The Balaban J connectivity index is 2.28. The number of hydrogen-bond acceptors (Lipinski definition) is 3. The van der Waals surface area contributed by atoms with E-state index in [4.69, 9.17) is 5.11 Å². The van der Waals surface area contributed by atoms with Gasteiger partial charge in [0, 0.05) is 18.8 Å². The minimum absolute atomic E-state index is 0.0366. The first kappa shape index (κ1) is 9.64. The molecule has 2 atom stereocenters. The van der Waals surface area contributed by atoms with E-state index in [2.05, 4.69) is 10.3 Å². The molecule has 2 N–H and O–H groups in total. The van der Waals surface area contributed by atoms with E-state index in [9.17, 15) is 9.59 Å². The Morgan fingerprint density at radius 2 is 2.40 bits per heavy atom. The van der Waals surface area contributed by atoms with Gasteiger partial charge in [-0.05, 0) is 11.6 Å². The summed E-state index contributed by atoms with van der Waals surface area (Å²) < 4.78 is 0. The lowest BCUT2D eigenvalue weighted by Crippen LogP contribution is -2.24. The summed E-state index contributed by atoms with van der Waals surface area (Å²) in [5, 5.41) is 11.6. The zero-order chi connectivity index (χ0) is 10.8. The lowest BCUT2D eigenvalue weighted by molar-refractivity contribution is -0.142. The van der Waals surface area contributed by atoms with Crippen LogP contribution in [0.1, 0.15) is 18.0 Å². The van der Waals surface area contributed by atoms with Crippen LogP contribution in [0.2, 0.25) is 0 Å². The molecule has 0 aromatic carbocycles. The van der Waals surface area contributed by atoms with E-state index in [1.165, 1.54) is 0 Å². The zero-order valence-electron chi connectivity index (χ0n) is 7.88. The number of amides is 1. The van der Waals surface area contributed by atoms with Gasteiger partial charge in [0.2, 0.25) is 5.91 Å². The van der Waals surface area contributed by atoms with Gasteiger partial charge in [-0.2, -0.15) is 0 Å². The Bertz CT molecular complexity index is 391. The molecule has 1 aliphatic rings. The molecule has 0 unspecified atom stereocenters. The zero-order valence-corrected chi connectivity index (χ0v) is 7.88. The Kier molecular flexibility index (Phi) is 2.37. The van der Waals surface area contributed by atoms with Crippen molar-refractivity contribution in [3.05, 3.63) is 30.1 Å². The van der Waals surface area contributed by atoms with E-state index in [0.29, 0.717) is 0 Å². The van der Waals surface area contributed by atoms with E-state index in [-0.39, 0.29) is 12.3 Å². The van der Waals surface area contributed by atoms with Crippen LogP contribution in [-0.2, 0) is 9.59 Å². The predicted octanol–water partition coefficient (Wildman–Crippen LogP) is 0.343. The Morgan fingerprint density at radius 1 is 1.60 bits per heavy atom. The van der Waals surface area contributed by atoms with Crippen molar-refractivity contribution in [3.8, 4) is 0 Å². The van der Waals surface area contributed by atoms with Crippen molar-refractivity contribution < 1.29 is 14.7 Å². The molecule has 2 heterocycles. The van der Waals surface area contributed by atoms with Gasteiger partial charge < -0.3 is 10.4 Å². The van der Waals surface area contributed by atoms with Gasteiger partial charge in [0.25, 0.3) is 0 Å². The standard InChI is InChI=1S/C10H10N2O3/c13-8-4-7(10(14)15)9(12-8)6-2-1-3-11-5-6/h1-3,5,7,9H,4H2,(H,12,13)(H,14,15)/t7-,9+/m1/s1. The van der Waals surface area contributed by atoms with E-state index in [1.807, 2.05) is 0 Å². The van der Waals surface area contributed by atoms with Gasteiger partial charge in [0.05, 0.1) is 12.0 Å². The summed E-state index contributed by atoms with van der Waals surface area (Å²) >= 11 is 0. The maximum absolute atomic E-state index is 11.1. The summed E-state index contributed by atoms with van der Waals surface area (Å²) in [6, 6.07) is 3.03. The van der Waals surface area contributed by atoms with Crippen LogP contribution in [-0.4, -0.2) is 22.0 Å². The molecule has 5 nitrogen and oxygen atoms in total. The second-order valence-electron chi connectivity index (χ2n) is 3.48. The molecule has 15 heavy (non-hydrogen) atoms. The smallest absolute Gasteiger partial charge is 0.309 e. The molecule has 78 valence electrons. The van der Waals surface area contributed by atoms with E-state index in [1.54, 1.807) is 24.5 Å². The highest BCUT2D eigenvalue weighted by Gasteiger charge is 2.38. The number of aliphatic carboxylic acids is 1. The number of carboxylic acid groups (broad SMARTS) is 1. The average molecular weight is 206 g/mol.